The number of hydrogen-bond acceptors (Lipinski definition) is 2. The fourth-order valence-electron chi connectivity index (χ4n) is 2.02. The molecule has 0 amide bonds. The second-order valence-electron chi connectivity index (χ2n) is 5.05. The molecule has 6 heteroatoms. The molecule has 2 rings (SSSR count). The number of aromatic nitrogens is 2. The number of ketones is 1. The fraction of sp³-hybridized carbons (Fsp3) is 0.333. The molecule has 1 aromatic carbocycles. The molecule has 21 heavy (non-hydrogen) atoms. The van der Waals surface area contributed by atoms with Crippen molar-refractivity contribution in [3.05, 3.63) is 53.6 Å². The Balaban J connectivity index is 2.15. The van der Waals surface area contributed by atoms with Crippen LogP contribution in [0.4, 0.5) is 13.2 Å². The molecule has 112 valence electrons. The second-order valence-corrected chi connectivity index (χ2v) is 5.05. The van der Waals surface area contributed by atoms with Crippen molar-refractivity contribution < 1.29 is 18.0 Å². The first-order chi connectivity index (χ1) is 9.79. The number of carbonyl (C=O) groups is 1. The largest absolute Gasteiger partial charge is 0.416 e. The van der Waals surface area contributed by atoms with Crippen molar-refractivity contribution in [3.8, 4) is 0 Å². The number of hydrogen-bond donors (Lipinski definition) is 0. The van der Waals surface area contributed by atoms with Gasteiger partial charge in [-0.1, -0.05) is 12.1 Å². The summed E-state index contributed by atoms with van der Waals surface area (Å²) in [7, 11) is 0. The highest BCUT2D eigenvalue weighted by atomic mass is 19.4. The van der Waals surface area contributed by atoms with Gasteiger partial charge in [-0.2, -0.15) is 13.2 Å². The highest BCUT2D eigenvalue weighted by Crippen LogP contribution is 2.29. The van der Waals surface area contributed by atoms with Gasteiger partial charge in [-0.05, 0) is 31.5 Å². The van der Waals surface area contributed by atoms with Crippen molar-refractivity contribution in [2.24, 2.45) is 0 Å². The van der Waals surface area contributed by atoms with Crippen molar-refractivity contribution in [1.82, 2.24) is 9.55 Å². The second kappa shape index (κ2) is 5.71. The van der Waals surface area contributed by atoms with Crippen LogP contribution in [0.5, 0.6) is 0 Å². The molecule has 3 nitrogen and oxygen atoms in total. The standard InChI is InChI=1S/C15H15F3N2O/c1-10(2)20-8-7-19-14(20)13(21)9-11-3-5-12(6-4-11)15(16,17)18/h3-8,10H,9H2,1-2H3. The van der Waals surface area contributed by atoms with Gasteiger partial charge in [0.1, 0.15) is 0 Å². The first-order valence-corrected chi connectivity index (χ1v) is 6.51. The monoisotopic (exact) mass is 296 g/mol. The zero-order valence-electron chi connectivity index (χ0n) is 11.7. The van der Waals surface area contributed by atoms with Crippen LogP contribution in [0.1, 0.15) is 41.6 Å². The van der Waals surface area contributed by atoms with E-state index in [0.717, 1.165) is 12.1 Å². The lowest BCUT2D eigenvalue weighted by Gasteiger charge is -2.11. The Kier molecular flexibility index (Phi) is 4.16. The van der Waals surface area contributed by atoms with E-state index < -0.39 is 11.7 Å². The van der Waals surface area contributed by atoms with Gasteiger partial charge >= 0.3 is 6.18 Å². The van der Waals surface area contributed by atoms with E-state index in [4.69, 9.17) is 0 Å². The molecule has 0 atom stereocenters. The summed E-state index contributed by atoms with van der Waals surface area (Å²) in [4.78, 5) is 16.2. The summed E-state index contributed by atoms with van der Waals surface area (Å²) >= 11 is 0. The Labute approximate surface area is 120 Å². The molecule has 0 fully saturated rings. The average Bonchev–Trinajstić information content (AvgIpc) is 2.87. The van der Waals surface area contributed by atoms with Gasteiger partial charge < -0.3 is 4.57 Å². The van der Waals surface area contributed by atoms with E-state index in [2.05, 4.69) is 4.98 Å². The number of carbonyl (C=O) groups excluding carboxylic acids is 1. The first-order valence-electron chi connectivity index (χ1n) is 6.51. The minimum atomic E-state index is -4.36. The number of imidazole rings is 1. The van der Waals surface area contributed by atoms with E-state index in [-0.39, 0.29) is 18.2 Å². The van der Waals surface area contributed by atoms with E-state index in [0.29, 0.717) is 11.4 Å². The van der Waals surface area contributed by atoms with Crippen LogP contribution in [0.3, 0.4) is 0 Å². The Morgan fingerprint density at radius 2 is 1.86 bits per heavy atom. The van der Waals surface area contributed by atoms with E-state index in [1.807, 2.05) is 13.8 Å². The number of Topliss-reactive ketones (excluding diaryl/α,β-unsaturated/α-hetero) is 1. The van der Waals surface area contributed by atoms with Crippen LogP contribution >= 0.6 is 0 Å². The molecule has 0 aliphatic carbocycles. The summed E-state index contributed by atoms with van der Waals surface area (Å²) in [5.74, 6) is 0.110. The van der Waals surface area contributed by atoms with Crippen LogP contribution in [-0.4, -0.2) is 15.3 Å². The maximum Gasteiger partial charge on any atom is 0.416 e. The van der Waals surface area contributed by atoms with Gasteiger partial charge in [-0.25, -0.2) is 4.98 Å². The minimum absolute atomic E-state index is 0.0296. The summed E-state index contributed by atoms with van der Waals surface area (Å²) in [6, 6.07) is 4.71. The lowest BCUT2D eigenvalue weighted by molar-refractivity contribution is -0.137. The van der Waals surface area contributed by atoms with Crippen LogP contribution in [0.2, 0.25) is 0 Å². The summed E-state index contributed by atoms with van der Waals surface area (Å²) in [6.07, 6.45) is -1.08. The van der Waals surface area contributed by atoms with Crippen molar-refractivity contribution in [2.45, 2.75) is 32.5 Å². The van der Waals surface area contributed by atoms with E-state index in [1.165, 1.54) is 12.1 Å². The Morgan fingerprint density at radius 1 is 1.24 bits per heavy atom. The van der Waals surface area contributed by atoms with E-state index in [9.17, 15) is 18.0 Å². The summed E-state index contributed by atoms with van der Waals surface area (Å²) in [5.41, 5.74) is -0.186. The molecule has 0 aliphatic heterocycles. The predicted molar refractivity (Wildman–Crippen MR) is 72.1 cm³/mol. The zero-order valence-corrected chi connectivity index (χ0v) is 11.7. The number of halogens is 3. The molecular weight excluding hydrogens is 281 g/mol. The molecule has 0 aliphatic rings. The quantitative estimate of drug-likeness (QED) is 0.802. The van der Waals surface area contributed by atoms with Crippen molar-refractivity contribution in [1.29, 1.82) is 0 Å². The Bertz CT molecular complexity index is 627. The minimum Gasteiger partial charge on any atom is -0.326 e. The summed E-state index contributed by atoms with van der Waals surface area (Å²) < 4.78 is 39.1. The first kappa shape index (κ1) is 15.3. The molecule has 0 spiro atoms. The number of rotatable bonds is 4. The van der Waals surface area contributed by atoms with Crippen LogP contribution in [0.15, 0.2) is 36.7 Å². The van der Waals surface area contributed by atoms with Gasteiger partial charge in [0, 0.05) is 24.9 Å². The highest BCUT2D eigenvalue weighted by Gasteiger charge is 2.30. The van der Waals surface area contributed by atoms with Gasteiger partial charge in [0.05, 0.1) is 5.56 Å². The van der Waals surface area contributed by atoms with Crippen molar-refractivity contribution >= 4 is 5.78 Å². The maximum atomic E-state index is 12.5. The fourth-order valence-corrected chi connectivity index (χ4v) is 2.02. The van der Waals surface area contributed by atoms with Gasteiger partial charge in [0.2, 0.25) is 5.78 Å². The zero-order chi connectivity index (χ0) is 15.6. The normalized spacial score (nSPS) is 11.9. The van der Waals surface area contributed by atoms with Gasteiger partial charge in [-0.15, -0.1) is 0 Å². The molecule has 0 unspecified atom stereocenters. The number of benzene rings is 1. The molecule has 1 heterocycles. The lowest BCUT2D eigenvalue weighted by Crippen LogP contribution is -2.14. The van der Waals surface area contributed by atoms with E-state index >= 15 is 0 Å². The van der Waals surface area contributed by atoms with Crippen LogP contribution < -0.4 is 0 Å². The van der Waals surface area contributed by atoms with Gasteiger partial charge in [-0.3, -0.25) is 4.79 Å². The highest BCUT2D eigenvalue weighted by molar-refractivity contribution is 5.94. The molecule has 0 radical (unpaired) electrons. The third kappa shape index (κ3) is 3.51. The molecule has 0 saturated carbocycles. The van der Waals surface area contributed by atoms with Crippen LogP contribution in [0.25, 0.3) is 0 Å². The SMILES string of the molecule is CC(C)n1ccnc1C(=O)Cc1ccc(C(F)(F)F)cc1. The Morgan fingerprint density at radius 3 is 2.38 bits per heavy atom. The molecule has 0 saturated heterocycles. The van der Waals surface area contributed by atoms with E-state index in [1.54, 1.807) is 17.0 Å². The molecule has 1 aromatic heterocycles. The average molecular weight is 296 g/mol. The van der Waals surface area contributed by atoms with Crippen molar-refractivity contribution in [3.63, 3.8) is 0 Å². The predicted octanol–water partition coefficient (Wildman–Crippen LogP) is 3.91. The molecular formula is C15H15F3N2O. The van der Waals surface area contributed by atoms with Crippen LogP contribution in [-0.2, 0) is 12.6 Å². The smallest absolute Gasteiger partial charge is 0.326 e. The third-order valence-corrected chi connectivity index (χ3v) is 3.12. The van der Waals surface area contributed by atoms with Crippen LogP contribution in [0, 0.1) is 0 Å². The topological polar surface area (TPSA) is 34.9 Å². The molecule has 0 N–H and O–H groups in total. The summed E-state index contributed by atoms with van der Waals surface area (Å²) in [6.45, 7) is 3.85. The third-order valence-electron chi connectivity index (χ3n) is 3.12. The number of nitrogens with zero attached hydrogens (tertiary/aromatic N) is 2. The van der Waals surface area contributed by atoms with Gasteiger partial charge in [0.25, 0.3) is 0 Å². The molecule has 0 bridgehead atoms. The number of alkyl halides is 3. The Hall–Kier alpha value is -2.11. The maximum absolute atomic E-state index is 12.5. The summed E-state index contributed by atoms with van der Waals surface area (Å²) in [5, 5.41) is 0. The van der Waals surface area contributed by atoms with Gasteiger partial charge in [0.15, 0.2) is 5.82 Å². The van der Waals surface area contributed by atoms with Crippen molar-refractivity contribution in [2.75, 3.05) is 0 Å². The molecule has 2 aromatic rings. The lowest BCUT2D eigenvalue weighted by atomic mass is 10.1.